The first-order valence-corrected chi connectivity index (χ1v) is 9.95. The van der Waals surface area contributed by atoms with Crippen LogP contribution in [0.1, 0.15) is 54.4 Å². The van der Waals surface area contributed by atoms with Gasteiger partial charge in [0, 0.05) is 30.4 Å². The zero-order valence-electron chi connectivity index (χ0n) is 17.5. The molecular weight excluding hydrogens is 384 g/mol. The van der Waals surface area contributed by atoms with Crippen molar-refractivity contribution in [2.45, 2.75) is 39.5 Å². The Morgan fingerprint density at radius 2 is 2.10 bits per heavy atom. The van der Waals surface area contributed by atoms with Crippen LogP contribution in [0, 0.1) is 6.92 Å². The number of carbonyl (C=O) groups is 2. The Kier molecular flexibility index (Phi) is 5.15. The second-order valence-electron chi connectivity index (χ2n) is 7.69. The minimum absolute atomic E-state index is 0.0772. The lowest BCUT2D eigenvalue weighted by atomic mass is 10.0. The molecule has 0 saturated carbocycles. The zero-order chi connectivity index (χ0) is 21.4. The number of ether oxygens (including phenoxy) is 1. The van der Waals surface area contributed by atoms with Crippen LogP contribution < -0.4 is 15.0 Å². The summed E-state index contributed by atoms with van der Waals surface area (Å²) in [4.78, 5) is 31.4. The van der Waals surface area contributed by atoms with Gasteiger partial charge in [-0.25, -0.2) is 4.98 Å². The highest BCUT2D eigenvalue weighted by molar-refractivity contribution is 6.12. The van der Waals surface area contributed by atoms with E-state index in [-0.39, 0.29) is 17.7 Å². The average molecular weight is 408 g/mol. The van der Waals surface area contributed by atoms with E-state index in [0.29, 0.717) is 52.4 Å². The smallest absolute Gasteiger partial charge is 0.259 e. The van der Waals surface area contributed by atoms with Gasteiger partial charge in [-0.3, -0.25) is 9.59 Å². The fraction of sp³-hybridized carbons (Fsp3) is 0.364. The van der Waals surface area contributed by atoms with Crippen LogP contribution >= 0.6 is 0 Å². The zero-order valence-corrected chi connectivity index (χ0v) is 17.5. The molecule has 3 aromatic rings. The molecule has 1 N–H and O–H groups in total. The van der Waals surface area contributed by atoms with Gasteiger partial charge in [0.15, 0.2) is 0 Å². The van der Waals surface area contributed by atoms with Crippen LogP contribution in [0.4, 0.5) is 11.4 Å². The maximum atomic E-state index is 13.1. The molecule has 1 saturated heterocycles. The Bertz CT molecular complexity index is 1140. The molecule has 156 valence electrons. The molecule has 0 spiro atoms. The minimum Gasteiger partial charge on any atom is -0.494 e. The summed E-state index contributed by atoms with van der Waals surface area (Å²) >= 11 is 0. The Balaban J connectivity index is 1.67. The van der Waals surface area contributed by atoms with Gasteiger partial charge in [0.25, 0.3) is 11.6 Å². The van der Waals surface area contributed by atoms with E-state index in [1.54, 1.807) is 43.2 Å². The normalized spacial score (nSPS) is 14.0. The third-order valence-electron chi connectivity index (χ3n) is 5.27. The second kappa shape index (κ2) is 7.78. The monoisotopic (exact) mass is 408 g/mol. The number of nitrogens with one attached hydrogen (secondary N) is 1. The molecule has 1 aliphatic rings. The molecule has 8 nitrogen and oxygen atoms in total. The Hall–Kier alpha value is -3.42. The van der Waals surface area contributed by atoms with Crippen molar-refractivity contribution in [2.75, 3.05) is 23.9 Å². The first-order valence-electron chi connectivity index (χ1n) is 9.95. The molecule has 0 radical (unpaired) electrons. The molecule has 0 atom stereocenters. The summed E-state index contributed by atoms with van der Waals surface area (Å²) < 4.78 is 10.8. The number of rotatable bonds is 5. The number of fused-ring (bicyclic) bond motifs is 1. The van der Waals surface area contributed by atoms with E-state index >= 15 is 0 Å². The molecule has 0 aliphatic carbocycles. The van der Waals surface area contributed by atoms with Gasteiger partial charge >= 0.3 is 0 Å². The molecule has 8 heteroatoms. The molecule has 2 amide bonds. The Morgan fingerprint density at radius 1 is 1.30 bits per heavy atom. The topological polar surface area (TPSA) is 97.6 Å². The largest absolute Gasteiger partial charge is 0.494 e. The van der Waals surface area contributed by atoms with Gasteiger partial charge in [-0.2, -0.15) is 0 Å². The first kappa shape index (κ1) is 19.9. The van der Waals surface area contributed by atoms with Crippen molar-refractivity contribution in [3.05, 3.63) is 41.2 Å². The van der Waals surface area contributed by atoms with E-state index in [0.717, 1.165) is 12.1 Å². The molecule has 1 aliphatic heterocycles. The fourth-order valence-corrected chi connectivity index (χ4v) is 3.67. The number of carbonyl (C=O) groups excluding carboxylic acids is 2. The molecule has 0 unspecified atom stereocenters. The highest BCUT2D eigenvalue weighted by Gasteiger charge is 2.25. The summed E-state index contributed by atoms with van der Waals surface area (Å²) in [5, 5.41) is 7.48. The highest BCUT2D eigenvalue weighted by atomic mass is 16.5. The van der Waals surface area contributed by atoms with Gasteiger partial charge in [0.05, 0.1) is 29.4 Å². The van der Waals surface area contributed by atoms with E-state index in [1.807, 2.05) is 13.8 Å². The van der Waals surface area contributed by atoms with Crippen LogP contribution in [0.3, 0.4) is 0 Å². The number of hydrogen-bond donors (Lipinski definition) is 1. The maximum Gasteiger partial charge on any atom is 0.259 e. The van der Waals surface area contributed by atoms with Crippen molar-refractivity contribution in [3.8, 4) is 5.75 Å². The van der Waals surface area contributed by atoms with E-state index in [4.69, 9.17) is 9.26 Å². The van der Waals surface area contributed by atoms with Crippen LogP contribution in [-0.2, 0) is 4.79 Å². The van der Waals surface area contributed by atoms with Crippen molar-refractivity contribution in [2.24, 2.45) is 0 Å². The van der Waals surface area contributed by atoms with Gasteiger partial charge < -0.3 is 19.5 Å². The summed E-state index contributed by atoms with van der Waals surface area (Å²) in [5.74, 6) is 0.451. The van der Waals surface area contributed by atoms with Gasteiger partial charge in [0.2, 0.25) is 5.91 Å². The number of aromatic nitrogens is 2. The lowest BCUT2D eigenvalue weighted by molar-refractivity contribution is -0.117. The molecule has 3 heterocycles. The van der Waals surface area contributed by atoms with Crippen molar-refractivity contribution in [3.63, 3.8) is 0 Å². The van der Waals surface area contributed by atoms with Gasteiger partial charge in [-0.15, -0.1) is 0 Å². The lowest BCUT2D eigenvalue weighted by Crippen LogP contribution is -2.24. The molecular formula is C22H24N4O4. The average Bonchev–Trinajstić information content (AvgIpc) is 3.32. The van der Waals surface area contributed by atoms with Crippen LogP contribution in [0.5, 0.6) is 5.75 Å². The predicted octanol–water partition coefficient (Wildman–Crippen LogP) is 4.04. The number of amides is 2. The number of hydrogen-bond acceptors (Lipinski definition) is 6. The molecule has 30 heavy (non-hydrogen) atoms. The Labute approximate surface area is 174 Å². The third kappa shape index (κ3) is 3.49. The summed E-state index contributed by atoms with van der Waals surface area (Å²) in [6.45, 7) is 6.45. The number of aryl methyl sites for hydroxylation is 1. The number of methoxy groups -OCH3 is 1. The third-order valence-corrected chi connectivity index (χ3v) is 5.27. The molecule has 1 aromatic carbocycles. The maximum absolute atomic E-state index is 13.1. The van der Waals surface area contributed by atoms with E-state index in [2.05, 4.69) is 15.5 Å². The SMILES string of the molecule is COc1cc(NC(=O)c2cc(C(C)C)nc3onc(C)c23)ccc1N1CCCC1=O. The van der Waals surface area contributed by atoms with Crippen LogP contribution in [0.15, 0.2) is 28.8 Å². The minimum atomic E-state index is -0.289. The van der Waals surface area contributed by atoms with E-state index in [1.165, 1.54) is 0 Å². The van der Waals surface area contributed by atoms with Crippen LogP contribution in [-0.4, -0.2) is 35.6 Å². The molecule has 2 aromatic heterocycles. The number of benzene rings is 1. The predicted molar refractivity (Wildman–Crippen MR) is 113 cm³/mol. The van der Waals surface area contributed by atoms with Crippen LogP contribution in [0.2, 0.25) is 0 Å². The summed E-state index contributed by atoms with van der Waals surface area (Å²) in [6.07, 6.45) is 1.37. The second-order valence-corrected chi connectivity index (χ2v) is 7.69. The number of pyridine rings is 1. The van der Waals surface area contributed by atoms with Gasteiger partial charge in [0.1, 0.15) is 5.75 Å². The first-order chi connectivity index (χ1) is 14.4. The van der Waals surface area contributed by atoms with Crippen molar-refractivity contribution in [1.29, 1.82) is 0 Å². The number of anilines is 2. The molecule has 0 bridgehead atoms. The van der Waals surface area contributed by atoms with Crippen molar-refractivity contribution >= 4 is 34.3 Å². The van der Waals surface area contributed by atoms with Gasteiger partial charge in [-0.05, 0) is 37.5 Å². The molecule has 1 fully saturated rings. The Morgan fingerprint density at radius 3 is 2.77 bits per heavy atom. The van der Waals surface area contributed by atoms with Gasteiger partial charge in [-0.1, -0.05) is 19.0 Å². The summed E-state index contributed by atoms with van der Waals surface area (Å²) in [5.41, 5.74) is 3.45. The fourth-order valence-electron chi connectivity index (χ4n) is 3.67. The standard InChI is InChI=1S/C22H24N4O4/c1-12(2)16-11-15(20-13(3)25-30-22(20)24-16)21(28)23-14-7-8-17(18(10-14)29-4)26-9-5-6-19(26)27/h7-8,10-12H,5-6,9H2,1-4H3,(H,23,28). The van der Waals surface area contributed by atoms with E-state index in [9.17, 15) is 9.59 Å². The highest BCUT2D eigenvalue weighted by Crippen LogP contribution is 2.34. The van der Waals surface area contributed by atoms with Crippen molar-refractivity contribution < 1.29 is 18.8 Å². The lowest BCUT2D eigenvalue weighted by Gasteiger charge is -2.19. The summed E-state index contributed by atoms with van der Waals surface area (Å²) in [7, 11) is 1.55. The molecule has 4 rings (SSSR count). The van der Waals surface area contributed by atoms with Crippen LogP contribution in [0.25, 0.3) is 11.1 Å². The van der Waals surface area contributed by atoms with Crippen molar-refractivity contribution in [1.82, 2.24) is 10.1 Å². The van der Waals surface area contributed by atoms with E-state index < -0.39 is 0 Å². The quantitative estimate of drug-likeness (QED) is 0.684. The number of nitrogens with zero attached hydrogens (tertiary/aromatic N) is 3. The summed E-state index contributed by atoms with van der Waals surface area (Å²) in [6, 6.07) is 7.07.